The summed E-state index contributed by atoms with van der Waals surface area (Å²) in [4.78, 5) is 5.10. The van der Waals surface area contributed by atoms with E-state index in [1.54, 1.807) is 0 Å². The number of hydrogen-bond donors (Lipinski definition) is 0. The lowest BCUT2D eigenvalue weighted by Gasteiger charge is -2.24. The molecule has 232 valence electrons. The summed E-state index contributed by atoms with van der Waals surface area (Å²) in [7, 11) is 0. The molecule has 1 heteroatoms. The van der Waals surface area contributed by atoms with Gasteiger partial charge in [0, 0.05) is 16.5 Å². The number of rotatable bonds is 5. The fourth-order valence-corrected chi connectivity index (χ4v) is 7.84. The lowest BCUT2D eigenvalue weighted by molar-refractivity contribution is 0.666. The highest BCUT2D eigenvalue weighted by atomic mass is 14.7. The average molecular weight is 626 g/mol. The molecule has 0 radical (unpaired) electrons. The van der Waals surface area contributed by atoms with Crippen LogP contribution in [-0.2, 0) is 5.41 Å². The van der Waals surface area contributed by atoms with Gasteiger partial charge < -0.3 is 0 Å². The smallest absolute Gasteiger partial charge is 0.0715 e. The van der Waals surface area contributed by atoms with Crippen LogP contribution in [0.3, 0.4) is 0 Å². The van der Waals surface area contributed by atoms with Gasteiger partial charge in [-0.2, -0.15) is 0 Å². The van der Waals surface area contributed by atoms with E-state index >= 15 is 0 Å². The fraction of sp³-hybridized carbons (Fsp3) is 0.0625. The van der Waals surface area contributed by atoms with Crippen molar-refractivity contribution in [3.63, 3.8) is 0 Å². The molecule has 0 N–H and O–H groups in total. The van der Waals surface area contributed by atoms with E-state index < -0.39 is 0 Å². The van der Waals surface area contributed by atoms with Gasteiger partial charge in [0.25, 0.3) is 0 Å². The van der Waals surface area contributed by atoms with Crippen molar-refractivity contribution in [3.8, 4) is 67.0 Å². The maximum Gasteiger partial charge on any atom is 0.0715 e. The predicted molar refractivity (Wildman–Crippen MR) is 206 cm³/mol. The Bertz CT molecular complexity index is 2450. The molecule has 0 atom stereocenters. The predicted octanol–water partition coefficient (Wildman–Crippen LogP) is 12.9. The number of nitrogens with zero attached hydrogens (tertiary/aromatic N) is 1. The molecule has 0 saturated heterocycles. The molecule has 9 rings (SSSR count). The molecule has 8 aromatic rings. The van der Waals surface area contributed by atoms with Gasteiger partial charge >= 0.3 is 0 Å². The highest BCUT2D eigenvalue weighted by molar-refractivity contribution is 6.05. The topological polar surface area (TPSA) is 12.9 Å². The van der Waals surface area contributed by atoms with E-state index in [9.17, 15) is 0 Å². The first-order valence-electron chi connectivity index (χ1n) is 17.0. The molecular weight excluding hydrogens is 591 g/mol. The van der Waals surface area contributed by atoms with Gasteiger partial charge in [-0.1, -0.05) is 159 Å². The van der Waals surface area contributed by atoms with Crippen molar-refractivity contribution in [2.75, 3.05) is 0 Å². The molecule has 1 aliphatic carbocycles. The highest BCUT2D eigenvalue weighted by Crippen LogP contribution is 2.54. The van der Waals surface area contributed by atoms with Crippen LogP contribution in [-0.4, -0.2) is 4.98 Å². The lowest BCUT2D eigenvalue weighted by atomic mass is 9.79. The fourth-order valence-electron chi connectivity index (χ4n) is 7.84. The monoisotopic (exact) mass is 625 g/mol. The Morgan fingerprint density at radius 1 is 0.388 bits per heavy atom. The van der Waals surface area contributed by atoms with Crippen LogP contribution in [0.5, 0.6) is 0 Å². The van der Waals surface area contributed by atoms with Gasteiger partial charge in [-0.05, 0) is 96.7 Å². The summed E-state index contributed by atoms with van der Waals surface area (Å²) in [5.74, 6) is 0. The molecule has 0 unspecified atom stereocenters. The van der Waals surface area contributed by atoms with Gasteiger partial charge in [0.05, 0.1) is 11.4 Å². The summed E-state index contributed by atoms with van der Waals surface area (Å²) in [6.07, 6.45) is 0. The molecule has 1 nitrogen and oxygen atoms in total. The van der Waals surface area contributed by atoms with E-state index in [0.29, 0.717) is 0 Å². The Kier molecular flexibility index (Phi) is 6.88. The second-order valence-corrected chi connectivity index (χ2v) is 13.6. The van der Waals surface area contributed by atoms with Gasteiger partial charge in [0.1, 0.15) is 0 Å². The minimum absolute atomic E-state index is 0.0881. The molecule has 0 bridgehead atoms. The van der Waals surface area contributed by atoms with Crippen molar-refractivity contribution in [1.29, 1.82) is 0 Å². The van der Waals surface area contributed by atoms with Crippen molar-refractivity contribution >= 4 is 10.8 Å². The molecule has 0 spiro atoms. The van der Waals surface area contributed by atoms with Gasteiger partial charge in [-0.25, -0.2) is 4.98 Å². The molecule has 49 heavy (non-hydrogen) atoms. The van der Waals surface area contributed by atoms with Crippen LogP contribution in [0.4, 0.5) is 0 Å². The summed E-state index contributed by atoms with van der Waals surface area (Å²) in [6, 6.07) is 63.6. The van der Waals surface area contributed by atoms with Crippen molar-refractivity contribution in [2.24, 2.45) is 0 Å². The molecule has 1 aliphatic rings. The second-order valence-electron chi connectivity index (χ2n) is 13.6. The van der Waals surface area contributed by atoms with Gasteiger partial charge in [-0.15, -0.1) is 0 Å². The Morgan fingerprint density at radius 3 is 1.57 bits per heavy atom. The normalized spacial score (nSPS) is 12.9. The number of benzene rings is 7. The summed E-state index contributed by atoms with van der Waals surface area (Å²) >= 11 is 0. The largest absolute Gasteiger partial charge is 0.248 e. The molecule has 0 saturated carbocycles. The van der Waals surface area contributed by atoms with E-state index in [-0.39, 0.29) is 5.41 Å². The third kappa shape index (κ3) is 4.98. The first kappa shape index (κ1) is 29.1. The third-order valence-electron chi connectivity index (χ3n) is 10.2. The average Bonchev–Trinajstić information content (AvgIpc) is 3.42. The standard InChI is InChI=1S/C48H35N/c1-48(2)43-26-12-11-25-41(43)46-42(29-38-19-9-10-24-40(38)47(46)48)37-23-14-21-35(28-37)34-20-13-22-36(27-34)39-30-44(32-15-5-3-6-16-32)49-45(31-39)33-17-7-4-8-18-33/h3-31H,1-2H3. The van der Waals surface area contributed by atoms with E-state index in [2.05, 4.69) is 190 Å². The molecule has 1 heterocycles. The number of aromatic nitrogens is 1. The Labute approximate surface area is 288 Å². The Balaban J connectivity index is 1.18. The molecule has 0 aliphatic heterocycles. The zero-order valence-corrected chi connectivity index (χ0v) is 27.7. The maximum atomic E-state index is 5.10. The highest BCUT2D eigenvalue weighted by Gasteiger charge is 2.38. The SMILES string of the molecule is CC1(C)c2ccccc2-c2c(-c3cccc(-c4cccc(-c5cc(-c6ccccc6)nc(-c6ccccc6)c5)c4)c3)cc3ccccc3c21. The lowest BCUT2D eigenvalue weighted by Crippen LogP contribution is -2.15. The third-order valence-corrected chi connectivity index (χ3v) is 10.2. The maximum absolute atomic E-state index is 5.10. The van der Waals surface area contributed by atoms with Crippen LogP contribution < -0.4 is 0 Å². The summed E-state index contributed by atoms with van der Waals surface area (Å²) in [5, 5.41) is 2.62. The van der Waals surface area contributed by atoms with Crippen molar-refractivity contribution in [2.45, 2.75) is 19.3 Å². The van der Waals surface area contributed by atoms with Crippen molar-refractivity contribution < 1.29 is 0 Å². The van der Waals surface area contributed by atoms with Crippen LogP contribution >= 0.6 is 0 Å². The summed E-state index contributed by atoms with van der Waals surface area (Å²) in [6.45, 7) is 4.75. The molecule has 1 aromatic heterocycles. The van der Waals surface area contributed by atoms with Crippen LogP contribution in [0.25, 0.3) is 77.8 Å². The van der Waals surface area contributed by atoms with Crippen LogP contribution in [0.2, 0.25) is 0 Å². The van der Waals surface area contributed by atoms with Gasteiger partial charge in [0.2, 0.25) is 0 Å². The minimum atomic E-state index is -0.0881. The van der Waals surface area contributed by atoms with Crippen molar-refractivity contribution in [3.05, 3.63) is 187 Å². The number of pyridine rings is 1. The van der Waals surface area contributed by atoms with Gasteiger partial charge in [-0.3, -0.25) is 0 Å². The van der Waals surface area contributed by atoms with E-state index in [0.717, 1.165) is 28.1 Å². The van der Waals surface area contributed by atoms with Crippen molar-refractivity contribution in [1.82, 2.24) is 4.98 Å². The minimum Gasteiger partial charge on any atom is -0.248 e. The van der Waals surface area contributed by atoms with Crippen LogP contribution in [0, 0.1) is 0 Å². The number of hydrogen-bond acceptors (Lipinski definition) is 1. The Hall–Kier alpha value is -6.05. The molecule has 0 fully saturated rings. The Morgan fingerprint density at radius 2 is 0.898 bits per heavy atom. The molecular formula is C48H35N. The van der Waals surface area contributed by atoms with Gasteiger partial charge in [0.15, 0.2) is 0 Å². The van der Waals surface area contributed by atoms with E-state index in [1.165, 1.54) is 60.8 Å². The second kappa shape index (κ2) is 11.6. The zero-order valence-electron chi connectivity index (χ0n) is 27.7. The zero-order chi connectivity index (χ0) is 33.0. The quantitative estimate of drug-likeness (QED) is 0.185. The first-order chi connectivity index (χ1) is 24.0. The number of fused-ring (bicyclic) bond motifs is 5. The van der Waals surface area contributed by atoms with Crippen LogP contribution in [0.1, 0.15) is 25.0 Å². The van der Waals surface area contributed by atoms with E-state index in [4.69, 9.17) is 4.98 Å². The molecule has 0 amide bonds. The van der Waals surface area contributed by atoms with E-state index in [1.807, 2.05) is 0 Å². The first-order valence-corrected chi connectivity index (χ1v) is 17.0. The summed E-state index contributed by atoms with van der Waals surface area (Å²) < 4.78 is 0. The molecule has 7 aromatic carbocycles. The van der Waals surface area contributed by atoms with Crippen LogP contribution in [0.15, 0.2) is 176 Å². The summed E-state index contributed by atoms with van der Waals surface area (Å²) in [5.41, 5.74) is 16.8.